The Morgan fingerprint density at radius 1 is 1.47 bits per heavy atom. The summed E-state index contributed by atoms with van der Waals surface area (Å²) < 4.78 is 18.6. The first kappa shape index (κ1) is 11.6. The molecule has 17 heavy (non-hydrogen) atoms. The molecule has 0 saturated heterocycles. The SMILES string of the molecule is O=C(O)c1ccc(F)cc1OC1C=CCCC1. The minimum absolute atomic E-state index is 0.00891. The fourth-order valence-electron chi connectivity index (χ4n) is 1.81. The van der Waals surface area contributed by atoms with Crippen LogP contribution < -0.4 is 4.74 Å². The average Bonchev–Trinajstić information content (AvgIpc) is 2.30. The quantitative estimate of drug-likeness (QED) is 0.820. The van der Waals surface area contributed by atoms with Crippen LogP contribution in [0.1, 0.15) is 29.6 Å². The summed E-state index contributed by atoms with van der Waals surface area (Å²) in [5.41, 5.74) is -0.00891. The molecule has 3 nitrogen and oxygen atoms in total. The van der Waals surface area contributed by atoms with E-state index in [1.807, 2.05) is 12.2 Å². The van der Waals surface area contributed by atoms with Crippen LogP contribution in [0.25, 0.3) is 0 Å². The number of benzene rings is 1. The summed E-state index contributed by atoms with van der Waals surface area (Å²) in [4.78, 5) is 11.0. The number of allylic oxidation sites excluding steroid dienone is 1. The molecule has 0 saturated carbocycles. The number of carboxylic acid groups (broad SMARTS) is 1. The van der Waals surface area contributed by atoms with Gasteiger partial charge in [-0.2, -0.15) is 0 Å². The van der Waals surface area contributed by atoms with Crippen molar-refractivity contribution in [3.05, 3.63) is 41.7 Å². The lowest BCUT2D eigenvalue weighted by atomic mass is 10.1. The van der Waals surface area contributed by atoms with Gasteiger partial charge in [0, 0.05) is 6.07 Å². The molecular formula is C13H13FO3. The number of halogens is 1. The molecular weight excluding hydrogens is 223 g/mol. The van der Waals surface area contributed by atoms with Crippen LogP contribution in [0, 0.1) is 5.82 Å². The molecule has 1 aromatic rings. The summed E-state index contributed by atoms with van der Waals surface area (Å²) in [5, 5.41) is 8.97. The monoisotopic (exact) mass is 236 g/mol. The molecule has 0 aromatic heterocycles. The van der Waals surface area contributed by atoms with Crippen molar-refractivity contribution in [2.45, 2.75) is 25.4 Å². The van der Waals surface area contributed by atoms with Gasteiger partial charge in [-0.05, 0) is 37.5 Å². The first-order chi connectivity index (χ1) is 8.16. The minimum Gasteiger partial charge on any atom is -0.485 e. The van der Waals surface area contributed by atoms with Crippen molar-refractivity contribution in [2.75, 3.05) is 0 Å². The van der Waals surface area contributed by atoms with Gasteiger partial charge in [-0.25, -0.2) is 9.18 Å². The molecule has 2 rings (SSSR count). The van der Waals surface area contributed by atoms with E-state index in [-0.39, 0.29) is 17.4 Å². The number of aromatic carboxylic acids is 1. The van der Waals surface area contributed by atoms with Gasteiger partial charge >= 0.3 is 5.97 Å². The van der Waals surface area contributed by atoms with Crippen molar-refractivity contribution in [1.82, 2.24) is 0 Å². The molecule has 0 bridgehead atoms. The van der Waals surface area contributed by atoms with Crippen molar-refractivity contribution in [2.24, 2.45) is 0 Å². The molecule has 1 aliphatic carbocycles. The van der Waals surface area contributed by atoms with E-state index in [0.29, 0.717) is 0 Å². The Kier molecular flexibility index (Phi) is 3.42. The van der Waals surface area contributed by atoms with Crippen LogP contribution in [0.4, 0.5) is 4.39 Å². The fourth-order valence-corrected chi connectivity index (χ4v) is 1.81. The zero-order valence-electron chi connectivity index (χ0n) is 9.23. The summed E-state index contributed by atoms with van der Waals surface area (Å²) in [5.74, 6) is -1.52. The first-order valence-corrected chi connectivity index (χ1v) is 5.53. The normalized spacial score (nSPS) is 19.0. The summed E-state index contributed by atoms with van der Waals surface area (Å²) in [7, 11) is 0. The highest BCUT2D eigenvalue weighted by Crippen LogP contribution is 2.24. The second-order valence-corrected chi connectivity index (χ2v) is 3.96. The van der Waals surface area contributed by atoms with Gasteiger partial charge in [0.25, 0.3) is 0 Å². The van der Waals surface area contributed by atoms with Gasteiger partial charge in [0.2, 0.25) is 0 Å². The minimum atomic E-state index is -1.11. The maximum atomic E-state index is 13.1. The first-order valence-electron chi connectivity index (χ1n) is 5.53. The van der Waals surface area contributed by atoms with Crippen molar-refractivity contribution in [1.29, 1.82) is 0 Å². The molecule has 0 radical (unpaired) electrons. The Bertz CT molecular complexity index is 454. The van der Waals surface area contributed by atoms with Gasteiger partial charge in [0.15, 0.2) is 0 Å². The van der Waals surface area contributed by atoms with E-state index >= 15 is 0 Å². The third-order valence-electron chi connectivity index (χ3n) is 2.66. The average molecular weight is 236 g/mol. The Balaban J connectivity index is 2.23. The summed E-state index contributed by atoms with van der Waals surface area (Å²) in [6.45, 7) is 0. The van der Waals surface area contributed by atoms with Gasteiger partial charge in [-0.3, -0.25) is 0 Å². The maximum absolute atomic E-state index is 13.1. The summed E-state index contributed by atoms with van der Waals surface area (Å²) in [6, 6.07) is 3.46. The van der Waals surface area contributed by atoms with Crippen LogP contribution in [-0.4, -0.2) is 17.2 Å². The summed E-state index contributed by atoms with van der Waals surface area (Å²) >= 11 is 0. The smallest absolute Gasteiger partial charge is 0.339 e. The molecule has 0 fully saturated rings. The van der Waals surface area contributed by atoms with Crippen LogP contribution in [0.2, 0.25) is 0 Å². The largest absolute Gasteiger partial charge is 0.485 e. The van der Waals surface area contributed by atoms with E-state index in [2.05, 4.69) is 0 Å². The third kappa shape index (κ3) is 2.84. The molecule has 1 atom stereocenters. The highest BCUT2D eigenvalue weighted by molar-refractivity contribution is 5.90. The van der Waals surface area contributed by atoms with Crippen LogP contribution in [-0.2, 0) is 0 Å². The summed E-state index contributed by atoms with van der Waals surface area (Å²) in [6.07, 6.45) is 6.55. The number of hydrogen-bond donors (Lipinski definition) is 1. The standard InChI is InChI=1S/C13H13FO3/c14-9-6-7-11(13(15)16)12(8-9)17-10-4-2-1-3-5-10/h2,4,6-8,10H,1,3,5H2,(H,15,16). The lowest BCUT2D eigenvalue weighted by Gasteiger charge is -2.19. The molecule has 0 spiro atoms. The lowest BCUT2D eigenvalue weighted by molar-refractivity contribution is 0.0690. The van der Waals surface area contributed by atoms with Crippen LogP contribution in [0.3, 0.4) is 0 Å². The number of carbonyl (C=O) groups is 1. The van der Waals surface area contributed by atoms with E-state index in [1.54, 1.807) is 0 Å². The predicted molar refractivity (Wildman–Crippen MR) is 60.8 cm³/mol. The highest BCUT2D eigenvalue weighted by Gasteiger charge is 2.16. The molecule has 0 heterocycles. The maximum Gasteiger partial charge on any atom is 0.339 e. The Labute approximate surface area is 98.5 Å². The van der Waals surface area contributed by atoms with E-state index in [1.165, 1.54) is 6.07 Å². The zero-order chi connectivity index (χ0) is 12.3. The highest BCUT2D eigenvalue weighted by atomic mass is 19.1. The van der Waals surface area contributed by atoms with Crippen molar-refractivity contribution in [3.63, 3.8) is 0 Å². The van der Waals surface area contributed by atoms with Gasteiger partial charge in [-0.1, -0.05) is 6.08 Å². The molecule has 1 aliphatic rings. The van der Waals surface area contributed by atoms with Gasteiger partial charge in [0.05, 0.1) is 0 Å². The van der Waals surface area contributed by atoms with Crippen molar-refractivity contribution < 1.29 is 19.0 Å². The van der Waals surface area contributed by atoms with E-state index in [4.69, 9.17) is 9.84 Å². The number of hydrogen-bond acceptors (Lipinski definition) is 2. The van der Waals surface area contributed by atoms with Gasteiger partial charge in [0.1, 0.15) is 23.2 Å². The Hall–Kier alpha value is -1.84. The second kappa shape index (κ2) is 4.99. The zero-order valence-corrected chi connectivity index (χ0v) is 9.23. The van der Waals surface area contributed by atoms with Crippen LogP contribution in [0.15, 0.2) is 30.4 Å². The molecule has 1 N–H and O–H groups in total. The molecule has 0 amide bonds. The van der Waals surface area contributed by atoms with E-state index in [9.17, 15) is 9.18 Å². The van der Waals surface area contributed by atoms with Crippen LogP contribution in [0.5, 0.6) is 5.75 Å². The molecule has 1 aromatic carbocycles. The number of ether oxygens (including phenoxy) is 1. The number of carboxylic acids is 1. The Morgan fingerprint density at radius 3 is 2.94 bits per heavy atom. The molecule has 0 aliphatic heterocycles. The van der Waals surface area contributed by atoms with Gasteiger partial charge in [-0.15, -0.1) is 0 Å². The van der Waals surface area contributed by atoms with E-state index < -0.39 is 11.8 Å². The predicted octanol–water partition coefficient (Wildman–Crippen LogP) is 3.01. The topological polar surface area (TPSA) is 46.5 Å². The third-order valence-corrected chi connectivity index (χ3v) is 2.66. The Morgan fingerprint density at radius 2 is 2.29 bits per heavy atom. The molecule has 1 unspecified atom stereocenters. The number of rotatable bonds is 3. The molecule has 4 heteroatoms. The van der Waals surface area contributed by atoms with Crippen molar-refractivity contribution in [3.8, 4) is 5.75 Å². The van der Waals surface area contributed by atoms with Crippen molar-refractivity contribution >= 4 is 5.97 Å². The van der Waals surface area contributed by atoms with Gasteiger partial charge < -0.3 is 9.84 Å². The fraction of sp³-hybridized carbons (Fsp3) is 0.308. The lowest BCUT2D eigenvalue weighted by Crippen LogP contribution is -2.17. The van der Waals surface area contributed by atoms with Crippen LogP contribution >= 0.6 is 0 Å². The second-order valence-electron chi connectivity index (χ2n) is 3.96. The van der Waals surface area contributed by atoms with E-state index in [0.717, 1.165) is 31.4 Å². The molecule has 90 valence electrons.